The lowest BCUT2D eigenvalue weighted by Gasteiger charge is -2.34. The predicted octanol–water partition coefficient (Wildman–Crippen LogP) is 2.34. The maximum atomic E-state index is 5.86. The van der Waals surface area contributed by atoms with Gasteiger partial charge in [0, 0.05) is 43.9 Å². The van der Waals surface area contributed by atoms with E-state index in [0.29, 0.717) is 5.92 Å². The lowest BCUT2D eigenvalue weighted by molar-refractivity contribution is 0.116. The fraction of sp³-hybridized carbons (Fsp3) is 0.765. The van der Waals surface area contributed by atoms with E-state index in [1.165, 1.54) is 32.1 Å². The van der Waals surface area contributed by atoms with Crippen molar-refractivity contribution in [1.82, 2.24) is 14.9 Å². The number of rotatable bonds is 4. The molecule has 0 bridgehead atoms. The van der Waals surface area contributed by atoms with E-state index >= 15 is 0 Å². The molecule has 2 aliphatic rings. The summed E-state index contributed by atoms with van der Waals surface area (Å²) in [6, 6.07) is 2.83. The minimum atomic E-state index is 0.532. The van der Waals surface area contributed by atoms with E-state index < -0.39 is 0 Å². The van der Waals surface area contributed by atoms with Crippen LogP contribution in [0.2, 0.25) is 0 Å². The third-order valence-corrected chi connectivity index (χ3v) is 4.94. The number of aromatic nitrogens is 2. The Morgan fingerprint density at radius 1 is 1.27 bits per heavy atom. The third kappa shape index (κ3) is 4.17. The molecule has 0 aromatic carbocycles. The van der Waals surface area contributed by atoms with Gasteiger partial charge in [-0.1, -0.05) is 19.3 Å². The van der Waals surface area contributed by atoms with Crippen molar-refractivity contribution in [1.29, 1.82) is 0 Å². The molecule has 1 aliphatic heterocycles. The van der Waals surface area contributed by atoms with Crippen LogP contribution in [0.4, 0.5) is 5.82 Å². The summed E-state index contributed by atoms with van der Waals surface area (Å²) < 4.78 is 5.86. The van der Waals surface area contributed by atoms with Crippen molar-refractivity contribution < 1.29 is 4.74 Å². The Morgan fingerprint density at radius 3 is 2.95 bits per heavy atom. The second-order valence-electron chi connectivity index (χ2n) is 6.58. The molecule has 122 valence electrons. The topological polar surface area (TPSA) is 50.3 Å². The zero-order valence-corrected chi connectivity index (χ0v) is 13.6. The number of nitrogens with zero attached hydrogens (tertiary/aromatic N) is 3. The molecule has 0 unspecified atom stereocenters. The van der Waals surface area contributed by atoms with Gasteiger partial charge in [0.15, 0.2) is 0 Å². The van der Waals surface area contributed by atoms with Crippen LogP contribution in [0.1, 0.15) is 37.8 Å². The van der Waals surface area contributed by atoms with Crippen LogP contribution in [0, 0.1) is 5.92 Å². The van der Waals surface area contributed by atoms with E-state index in [0.717, 1.165) is 50.3 Å². The Labute approximate surface area is 133 Å². The number of anilines is 1. The molecule has 2 heterocycles. The zero-order chi connectivity index (χ0) is 15.2. The first-order valence-corrected chi connectivity index (χ1v) is 8.65. The molecule has 3 rings (SSSR count). The molecule has 22 heavy (non-hydrogen) atoms. The highest BCUT2D eigenvalue weighted by molar-refractivity contribution is 5.33. The SMILES string of the molecule is CNc1cc(C[C@H]2COCCN(C3CCCCC3)C2)ncn1. The summed E-state index contributed by atoms with van der Waals surface area (Å²) in [6.45, 7) is 3.96. The van der Waals surface area contributed by atoms with Crippen LogP contribution in [-0.4, -0.2) is 54.3 Å². The van der Waals surface area contributed by atoms with E-state index in [9.17, 15) is 0 Å². The van der Waals surface area contributed by atoms with Crippen molar-refractivity contribution in [2.45, 2.75) is 44.6 Å². The molecule has 1 aliphatic carbocycles. The van der Waals surface area contributed by atoms with Gasteiger partial charge in [-0.2, -0.15) is 0 Å². The van der Waals surface area contributed by atoms with E-state index in [-0.39, 0.29) is 0 Å². The van der Waals surface area contributed by atoms with Crippen LogP contribution in [0.25, 0.3) is 0 Å². The van der Waals surface area contributed by atoms with E-state index in [4.69, 9.17) is 4.74 Å². The molecule has 5 nitrogen and oxygen atoms in total. The molecule has 0 radical (unpaired) electrons. The van der Waals surface area contributed by atoms with Gasteiger partial charge in [-0.3, -0.25) is 4.90 Å². The molecule has 0 amide bonds. The molecule has 1 atom stereocenters. The number of ether oxygens (including phenoxy) is 1. The second kappa shape index (κ2) is 7.88. The number of nitrogens with one attached hydrogen (secondary N) is 1. The van der Waals surface area contributed by atoms with E-state index in [2.05, 4.69) is 26.3 Å². The Kier molecular flexibility index (Phi) is 5.62. The Bertz CT molecular complexity index is 462. The van der Waals surface area contributed by atoms with Gasteiger partial charge in [-0.15, -0.1) is 0 Å². The van der Waals surface area contributed by atoms with Gasteiger partial charge >= 0.3 is 0 Å². The molecule has 1 saturated carbocycles. The lowest BCUT2D eigenvalue weighted by atomic mass is 9.93. The standard InChI is InChI=1S/C17H28N4O/c1-18-17-10-15(19-13-20-17)9-14-11-21(7-8-22-12-14)16-5-3-2-4-6-16/h10,13-14,16H,2-9,11-12H2,1H3,(H,18,19,20)/t14-/m1/s1. The van der Waals surface area contributed by atoms with Crippen molar-refractivity contribution in [3.05, 3.63) is 18.1 Å². The highest BCUT2D eigenvalue weighted by Gasteiger charge is 2.26. The Morgan fingerprint density at radius 2 is 2.14 bits per heavy atom. The van der Waals surface area contributed by atoms with Crippen LogP contribution in [0.5, 0.6) is 0 Å². The summed E-state index contributed by atoms with van der Waals surface area (Å²) in [5.41, 5.74) is 1.11. The lowest BCUT2D eigenvalue weighted by Crippen LogP contribution is -2.40. The average molecular weight is 304 g/mol. The molecule has 1 N–H and O–H groups in total. The molecular weight excluding hydrogens is 276 g/mol. The van der Waals surface area contributed by atoms with Gasteiger partial charge in [0.2, 0.25) is 0 Å². The summed E-state index contributed by atoms with van der Waals surface area (Å²) >= 11 is 0. The zero-order valence-electron chi connectivity index (χ0n) is 13.6. The molecular formula is C17H28N4O. The van der Waals surface area contributed by atoms with Crippen LogP contribution in [-0.2, 0) is 11.2 Å². The van der Waals surface area contributed by atoms with Crippen molar-refractivity contribution in [3.63, 3.8) is 0 Å². The third-order valence-electron chi connectivity index (χ3n) is 4.94. The first-order valence-electron chi connectivity index (χ1n) is 8.65. The number of hydrogen-bond acceptors (Lipinski definition) is 5. The van der Waals surface area contributed by atoms with Gasteiger partial charge in [0.1, 0.15) is 12.1 Å². The minimum absolute atomic E-state index is 0.532. The molecule has 1 aromatic rings. The smallest absolute Gasteiger partial charge is 0.129 e. The quantitative estimate of drug-likeness (QED) is 0.925. The predicted molar refractivity (Wildman–Crippen MR) is 88.0 cm³/mol. The van der Waals surface area contributed by atoms with Gasteiger partial charge in [0.05, 0.1) is 13.2 Å². The Balaban J connectivity index is 1.61. The number of hydrogen-bond donors (Lipinski definition) is 1. The van der Waals surface area contributed by atoms with Gasteiger partial charge in [-0.05, 0) is 19.3 Å². The van der Waals surface area contributed by atoms with Crippen molar-refractivity contribution in [2.24, 2.45) is 5.92 Å². The fourth-order valence-electron chi connectivity index (χ4n) is 3.75. The van der Waals surface area contributed by atoms with Crippen molar-refractivity contribution in [2.75, 3.05) is 38.7 Å². The largest absolute Gasteiger partial charge is 0.380 e. The molecule has 2 fully saturated rings. The maximum Gasteiger partial charge on any atom is 0.129 e. The van der Waals surface area contributed by atoms with Crippen molar-refractivity contribution in [3.8, 4) is 0 Å². The summed E-state index contributed by atoms with van der Waals surface area (Å²) in [4.78, 5) is 11.3. The van der Waals surface area contributed by atoms with Crippen LogP contribution < -0.4 is 5.32 Å². The first kappa shape index (κ1) is 15.7. The monoisotopic (exact) mass is 304 g/mol. The maximum absolute atomic E-state index is 5.86. The van der Waals surface area contributed by atoms with Crippen LogP contribution >= 0.6 is 0 Å². The summed E-state index contributed by atoms with van der Waals surface area (Å²) in [7, 11) is 1.89. The summed E-state index contributed by atoms with van der Waals surface area (Å²) in [5.74, 6) is 1.42. The van der Waals surface area contributed by atoms with Gasteiger partial charge < -0.3 is 10.1 Å². The molecule has 1 aromatic heterocycles. The summed E-state index contributed by atoms with van der Waals surface area (Å²) in [6.07, 6.45) is 9.55. The van der Waals surface area contributed by atoms with E-state index in [1.807, 2.05) is 7.05 Å². The molecule has 1 saturated heterocycles. The fourth-order valence-corrected chi connectivity index (χ4v) is 3.75. The highest BCUT2D eigenvalue weighted by atomic mass is 16.5. The van der Waals surface area contributed by atoms with Crippen LogP contribution in [0.15, 0.2) is 12.4 Å². The van der Waals surface area contributed by atoms with E-state index in [1.54, 1.807) is 6.33 Å². The summed E-state index contributed by atoms with van der Waals surface area (Å²) in [5, 5.41) is 3.08. The highest BCUT2D eigenvalue weighted by Crippen LogP contribution is 2.25. The van der Waals surface area contributed by atoms with Crippen molar-refractivity contribution >= 4 is 5.82 Å². The van der Waals surface area contributed by atoms with Gasteiger partial charge in [-0.25, -0.2) is 9.97 Å². The normalized spacial score (nSPS) is 24.9. The minimum Gasteiger partial charge on any atom is -0.380 e. The average Bonchev–Trinajstić information content (AvgIpc) is 2.81. The molecule has 5 heteroatoms. The van der Waals surface area contributed by atoms with Crippen LogP contribution in [0.3, 0.4) is 0 Å². The molecule has 0 spiro atoms. The second-order valence-corrected chi connectivity index (χ2v) is 6.58. The Hall–Kier alpha value is -1.20. The first-order chi connectivity index (χ1) is 10.8. The van der Waals surface area contributed by atoms with Gasteiger partial charge in [0.25, 0.3) is 0 Å².